The highest BCUT2D eigenvalue weighted by molar-refractivity contribution is 6.07. The summed E-state index contributed by atoms with van der Waals surface area (Å²) in [6, 6.07) is 5.76. The molecule has 0 aromatic heterocycles. The zero-order valence-corrected chi connectivity index (χ0v) is 13.7. The quantitative estimate of drug-likeness (QED) is 0.589. The van der Waals surface area contributed by atoms with Gasteiger partial charge in [-0.1, -0.05) is 12.1 Å². The normalized spacial score (nSPS) is 24.0. The van der Waals surface area contributed by atoms with Gasteiger partial charge in [-0.3, -0.25) is 19.7 Å². The van der Waals surface area contributed by atoms with Crippen molar-refractivity contribution >= 4 is 23.8 Å². The Morgan fingerprint density at radius 3 is 2.28 bits per heavy atom. The Labute approximate surface area is 144 Å². The molecule has 1 atom stereocenters. The van der Waals surface area contributed by atoms with E-state index in [9.17, 15) is 19.2 Å². The third-order valence-electron chi connectivity index (χ3n) is 4.95. The minimum absolute atomic E-state index is 0.0961. The Hall–Kier alpha value is -2.90. The first-order valence-corrected chi connectivity index (χ1v) is 8.03. The molecule has 1 heterocycles. The molecule has 1 aromatic rings. The van der Waals surface area contributed by atoms with Crippen molar-refractivity contribution in [3.8, 4) is 0 Å². The van der Waals surface area contributed by atoms with Crippen molar-refractivity contribution in [1.82, 2.24) is 16.0 Å². The Morgan fingerprint density at radius 1 is 1.20 bits per heavy atom. The number of hydrogen-bond donors (Lipinski definition) is 4. The second kappa shape index (κ2) is 5.87. The summed E-state index contributed by atoms with van der Waals surface area (Å²) >= 11 is 0. The second-order valence-corrected chi connectivity index (χ2v) is 6.77. The molecular formula is C17H19N3O5. The van der Waals surface area contributed by atoms with Crippen LogP contribution in [0.1, 0.15) is 48.5 Å². The molecule has 3 rings (SSSR count). The van der Waals surface area contributed by atoms with Crippen molar-refractivity contribution in [3.63, 3.8) is 0 Å². The summed E-state index contributed by atoms with van der Waals surface area (Å²) in [6.07, 6.45) is 2.08. The number of aliphatic carboxylic acids is 1. The third-order valence-corrected chi connectivity index (χ3v) is 4.95. The summed E-state index contributed by atoms with van der Waals surface area (Å²) < 4.78 is 0. The van der Waals surface area contributed by atoms with E-state index >= 15 is 0 Å². The second-order valence-electron chi connectivity index (χ2n) is 6.77. The lowest BCUT2D eigenvalue weighted by atomic mass is 9.74. The fraction of sp³-hybridized carbons (Fsp3) is 0.412. The highest BCUT2D eigenvalue weighted by atomic mass is 16.4. The number of carboxylic acid groups (broad SMARTS) is 1. The molecule has 4 amide bonds. The maximum atomic E-state index is 12.4. The topological polar surface area (TPSA) is 125 Å². The van der Waals surface area contributed by atoms with Gasteiger partial charge in [0.25, 0.3) is 11.8 Å². The molecule has 1 aliphatic carbocycles. The molecule has 2 fully saturated rings. The molecular weight excluding hydrogens is 326 g/mol. The van der Waals surface area contributed by atoms with E-state index in [1.54, 1.807) is 31.2 Å². The SMILES string of the molecule is CC1(c2ccc(C(=O)NC3(CC(=O)O)CCC3)cc2)NC(=O)NC1=O. The number of carbonyl (C=O) groups excluding carboxylic acids is 3. The minimum Gasteiger partial charge on any atom is -0.481 e. The van der Waals surface area contributed by atoms with Gasteiger partial charge in [0.05, 0.1) is 12.0 Å². The summed E-state index contributed by atoms with van der Waals surface area (Å²) in [7, 11) is 0. The van der Waals surface area contributed by atoms with Gasteiger partial charge in [-0.05, 0) is 43.9 Å². The summed E-state index contributed by atoms with van der Waals surface area (Å²) in [5.41, 5.74) is -0.928. The minimum atomic E-state index is -1.18. The van der Waals surface area contributed by atoms with Crippen LogP contribution in [-0.2, 0) is 15.1 Å². The van der Waals surface area contributed by atoms with Crippen LogP contribution in [0.5, 0.6) is 0 Å². The Bertz CT molecular complexity index is 754. The molecule has 132 valence electrons. The van der Waals surface area contributed by atoms with Gasteiger partial charge in [0.1, 0.15) is 5.54 Å². The highest BCUT2D eigenvalue weighted by Gasteiger charge is 2.43. The van der Waals surface area contributed by atoms with Crippen molar-refractivity contribution in [1.29, 1.82) is 0 Å². The predicted molar refractivity (Wildman–Crippen MR) is 86.8 cm³/mol. The number of rotatable bonds is 5. The largest absolute Gasteiger partial charge is 0.481 e. The van der Waals surface area contributed by atoms with Gasteiger partial charge in [-0.15, -0.1) is 0 Å². The molecule has 4 N–H and O–H groups in total. The van der Waals surface area contributed by atoms with Gasteiger partial charge in [0.15, 0.2) is 0 Å². The van der Waals surface area contributed by atoms with Gasteiger partial charge < -0.3 is 15.7 Å². The molecule has 0 radical (unpaired) electrons. The van der Waals surface area contributed by atoms with Crippen LogP contribution in [0.2, 0.25) is 0 Å². The average molecular weight is 345 g/mol. The first-order valence-electron chi connectivity index (χ1n) is 8.03. The van der Waals surface area contributed by atoms with Crippen LogP contribution >= 0.6 is 0 Å². The van der Waals surface area contributed by atoms with E-state index in [0.717, 1.165) is 6.42 Å². The molecule has 2 aliphatic rings. The summed E-state index contributed by atoms with van der Waals surface area (Å²) in [5.74, 6) is -1.74. The standard InChI is InChI=1S/C17H19N3O5/c1-16(14(24)18-15(25)20-16)11-5-3-10(4-6-11)13(23)19-17(7-2-8-17)9-12(21)22/h3-6H,2,7-9H2,1H3,(H,19,23)(H,21,22)(H2,18,20,24,25). The van der Waals surface area contributed by atoms with Crippen molar-refractivity contribution in [2.75, 3.05) is 0 Å². The fourth-order valence-electron chi connectivity index (χ4n) is 3.25. The van der Waals surface area contributed by atoms with Crippen LogP contribution in [0.3, 0.4) is 0 Å². The van der Waals surface area contributed by atoms with Gasteiger partial charge in [0, 0.05) is 5.56 Å². The number of hydrogen-bond acceptors (Lipinski definition) is 4. The maximum absolute atomic E-state index is 12.4. The van der Waals surface area contributed by atoms with Crippen LogP contribution in [0.15, 0.2) is 24.3 Å². The molecule has 0 spiro atoms. The average Bonchev–Trinajstić information content (AvgIpc) is 2.78. The van der Waals surface area contributed by atoms with Crippen molar-refractivity contribution < 1.29 is 24.3 Å². The summed E-state index contributed by atoms with van der Waals surface area (Å²) in [5, 5.41) is 16.6. The number of nitrogens with one attached hydrogen (secondary N) is 3. The molecule has 1 aromatic carbocycles. The molecule has 25 heavy (non-hydrogen) atoms. The molecule has 1 unspecified atom stereocenters. The van der Waals surface area contributed by atoms with Crippen LogP contribution in [0.4, 0.5) is 4.79 Å². The van der Waals surface area contributed by atoms with Gasteiger partial charge in [-0.2, -0.15) is 0 Å². The smallest absolute Gasteiger partial charge is 0.322 e. The number of urea groups is 1. The Balaban J connectivity index is 1.74. The fourth-order valence-corrected chi connectivity index (χ4v) is 3.25. The van der Waals surface area contributed by atoms with E-state index in [2.05, 4.69) is 16.0 Å². The first-order chi connectivity index (χ1) is 11.7. The molecule has 8 nitrogen and oxygen atoms in total. The van der Waals surface area contributed by atoms with E-state index in [0.29, 0.717) is 24.0 Å². The van der Waals surface area contributed by atoms with Crippen LogP contribution in [-0.4, -0.2) is 34.5 Å². The molecule has 1 saturated carbocycles. The number of imide groups is 1. The predicted octanol–water partition coefficient (Wildman–Crippen LogP) is 0.868. The van der Waals surface area contributed by atoms with E-state index in [1.807, 2.05) is 0 Å². The maximum Gasteiger partial charge on any atom is 0.322 e. The molecule has 8 heteroatoms. The van der Waals surface area contributed by atoms with E-state index in [4.69, 9.17) is 5.11 Å². The lowest BCUT2D eigenvalue weighted by Crippen LogP contribution is -2.54. The Kier molecular flexibility index (Phi) is 3.98. The summed E-state index contributed by atoms with van der Waals surface area (Å²) in [6.45, 7) is 1.58. The van der Waals surface area contributed by atoms with Crippen LogP contribution in [0.25, 0.3) is 0 Å². The zero-order valence-electron chi connectivity index (χ0n) is 13.7. The number of carbonyl (C=O) groups is 4. The van der Waals surface area contributed by atoms with Gasteiger partial charge in [0.2, 0.25) is 0 Å². The highest BCUT2D eigenvalue weighted by Crippen LogP contribution is 2.35. The number of carboxylic acids is 1. The number of benzene rings is 1. The monoisotopic (exact) mass is 345 g/mol. The third kappa shape index (κ3) is 3.07. The van der Waals surface area contributed by atoms with Crippen molar-refractivity contribution in [3.05, 3.63) is 35.4 Å². The van der Waals surface area contributed by atoms with Gasteiger partial charge >= 0.3 is 12.0 Å². The van der Waals surface area contributed by atoms with Crippen LogP contribution in [0, 0.1) is 0 Å². The van der Waals surface area contributed by atoms with E-state index in [-0.39, 0.29) is 12.3 Å². The lowest BCUT2D eigenvalue weighted by molar-refractivity contribution is -0.139. The first kappa shape index (κ1) is 16.9. The number of amides is 4. The summed E-state index contributed by atoms with van der Waals surface area (Å²) in [4.78, 5) is 46.7. The zero-order chi connectivity index (χ0) is 18.2. The van der Waals surface area contributed by atoms with E-state index in [1.165, 1.54) is 0 Å². The Morgan fingerprint density at radius 2 is 1.84 bits per heavy atom. The molecule has 1 saturated heterocycles. The lowest BCUT2D eigenvalue weighted by Gasteiger charge is -2.41. The van der Waals surface area contributed by atoms with Gasteiger partial charge in [-0.25, -0.2) is 4.79 Å². The molecule has 0 bridgehead atoms. The van der Waals surface area contributed by atoms with Crippen molar-refractivity contribution in [2.24, 2.45) is 0 Å². The van der Waals surface area contributed by atoms with Crippen LogP contribution < -0.4 is 16.0 Å². The van der Waals surface area contributed by atoms with Crippen molar-refractivity contribution in [2.45, 2.75) is 43.7 Å². The van der Waals surface area contributed by atoms with E-state index < -0.39 is 29.0 Å². The molecule has 1 aliphatic heterocycles.